The fourth-order valence-corrected chi connectivity index (χ4v) is 5.35. The molecule has 1 heterocycles. The summed E-state index contributed by atoms with van der Waals surface area (Å²) in [6, 6.07) is 0. The van der Waals surface area contributed by atoms with Crippen LogP contribution in [0.5, 0.6) is 0 Å². The SMILES string of the molecule is CC1(C)CCCCC/C=C\CCCC/C=C\C(C)(C)P(C)(C)=N1. The van der Waals surface area contributed by atoms with Crippen molar-refractivity contribution in [2.75, 3.05) is 13.3 Å². The van der Waals surface area contributed by atoms with E-state index in [-0.39, 0.29) is 10.7 Å². The molecule has 2 heteroatoms. The van der Waals surface area contributed by atoms with Gasteiger partial charge in [0.05, 0.1) is 5.54 Å². The summed E-state index contributed by atoms with van der Waals surface area (Å²) in [6.45, 7) is 14.3. The Kier molecular flexibility index (Phi) is 8.36. The molecule has 0 bridgehead atoms. The first-order valence-corrected chi connectivity index (χ1v) is 12.2. The first-order valence-electron chi connectivity index (χ1n) is 9.58. The second-order valence-electron chi connectivity index (χ2n) is 8.72. The topological polar surface area (TPSA) is 12.4 Å². The summed E-state index contributed by atoms with van der Waals surface area (Å²) in [6.07, 6.45) is 21.2. The van der Waals surface area contributed by atoms with E-state index in [2.05, 4.69) is 65.3 Å². The average Bonchev–Trinajstić information content (AvgIpc) is 2.41. The Morgan fingerprint density at radius 1 is 0.739 bits per heavy atom. The molecule has 1 aliphatic rings. The molecule has 23 heavy (non-hydrogen) atoms. The van der Waals surface area contributed by atoms with Gasteiger partial charge in [-0.15, -0.1) is 0 Å². The van der Waals surface area contributed by atoms with Gasteiger partial charge in [0.25, 0.3) is 0 Å². The van der Waals surface area contributed by atoms with Crippen LogP contribution in [0.4, 0.5) is 0 Å². The van der Waals surface area contributed by atoms with Crippen LogP contribution in [0, 0.1) is 0 Å². The normalized spacial score (nSPS) is 29.0. The highest BCUT2D eigenvalue weighted by Crippen LogP contribution is 2.57. The molecule has 1 rings (SSSR count). The molecular formula is C21H40NP. The van der Waals surface area contributed by atoms with Gasteiger partial charge in [0, 0.05) is 5.16 Å². The van der Waals surface area contributed by atoms with Crippen LogP contribution in [0.15, 0.2) is 29.0 Å². The third-order valence-electron chi connectivity index (χ3n) is 5.27. The predicted molar refractivity (Wildman–Crippen MR) is 109 cm³/mol. The summed E-state index contributed by atoms with van der Waals surface area (Å²) >= 11 is 0. The Hall–Kier alpha value is -0.290. The fourth-order valence-electron chi connectivity index (χ4n) is 3.17. The van der Waals surface area contributed by atoms with Gasteiger partial charge in [-0.05, 0) is 79.2 Å². The van der Waals surface area contributed by atoms with Crippen LogP contribution in [-0.2, 0) is 0 Å². The Morgan fingerprint density at radius 3 is 1.87 bits per heavy atom. The second kappa shape index (κ2) is 9.26. The summed E-state index contributed by atoms with van der Waals surface area (Å²) < 4.78 is 5.39. The predicted octanol–water partition coefficient (Wildman–Crippen LogP) is 7.64. The Bertz CT molecular complexity index is 448. The van der Waals surface area contributed by atoms with Gasteiger partial charge in [-0.3, -0.25) is 4.74 Å². The molecule has 134 valence electrons. The zero-order chi connectivity index (χ0) is 17.4. The Morgan fingerprint density at radius 2 is 1.26 bits per heavy atom. The molecule has 0 aromatic heterocycles. The minimum absolute atomic E-state index is 0.117. The summed E-state index contributed by atoms with van der Waals surface area (Å²) in [7, 11) is -1.34. The van der Waals surface area contributed by atoms with Gasteiger partial charge in [-0.1, -0.05) is 51.0 Å². The molecule has 0 aromatic rings. The molecule has 0 saturated carbocycles. The zero-order valence-corrected chi connectivity index (χ0v) is 17.5. The highest BCUT2D eigenvalue weighted by Gasteiger charge is 2.30. The minimum Gasteiger partial charge on any atom is -0.297 e. The van der Waals surface area contributed by atoms with Gasteiger partial charge in [-0.2, -0.15) is 0 Å². The Labute approximate surface area is 146 Å². The molecule has 0 spiro atoms. The van der Waals surface area contributed by atoms with Crippen LogP contribution >= 0.6 is 7.05 Å². The van der Waals surface area contributed by atoms with E-state index in [1.807, 2.05) is 0 Å². The molecule has 0 atom stereocenters. The van der Waals surface area contributed by atoms with Crippen LogP contribution < -0.4 is 0 Å². The number of hydrogen-bond acceptors (Lipinski definition) is 1. The smallest absolute Gasteiger partial charge is 0.0537 e. The molecular weight excluding hydrogens is 297 g/mol. The van der Waals surface area contributed by atoms with E-state index >= 15 is 0 Å². The number of rotatable bonds is 0. The van der Waals surface area contributed by atoms with Crippen molar-refractivity contribution in [2.45, 2.75) is 96.2 Å². The number of hydrogen-bond donors (Lipinski definition) is 0. The standard InChI is InChI=1S/C21H40NP/c1-20(2)18-16-14-12-10-8-7-9-11-13-15-17-19-21(3,4)23(5,6)22-20/h7-8,17,19H,9-16,18H2,1-6H3/b8-7-,19-17-. The van der Waals surface area contributed by atoms with E-state index in [1.54, 1.807) is 0 Å². The molecule has 0 saturated heterocycles. The second-order valence-corrected chi connectivity index (χ2v) is 12.9. The zero-order valence-electron chi connectivity index (χ0n) is 16.6. The highest BCUT2D eigenvalue weighted by atomic mass is 31.2. The van der Waals surface area contributed by atoms with E-state index in [0.29, 0.717) is 0 Å². The van der Waals surface area contributed by atoms with Crippen LogP contribution in [0.1, 0.15) is 85.5 Å². The van der Waals surface area contributed by atoms with E-state index < -0.39 is 7.05 Å². The molecule has 0 aliphatic carbocycles. The molecule has 1 nitrogen and oxygen atoms in total. The largest absolute Gasteiger partial charge is 0.297 e. The summed E-state index contributed by atoms with van der Waals surface area (Å²) in [5.41, 5.74) is 0.117. The molecule has 0 amide bonds. The van der Waals surface area contributed by atoms with Gasteiger partial charge in [0.1, 0.15) is 0 Å². The van der Waals surface area contributed by atoms with Crippen molar-refractivity contribution in [1.29, 1.82) is 0 Å². The van der Waals surface area contributed by atoms with Gasteiger partial charge in [0.15, 0.2) is 0 Å². The maximum atomic E-state index is 5.39. The van der Waals surface area contributed by atoms with Crippen molar-refractivity contribution in [3.8, 4) is 0 Å². The van der Waals surface area contributed by atoms with Crippen LogP contribution in [0.25, 0.3) is 0 Å². The lowest BCUT2D eigenvalue weighted by Crippen LogP contribution is -2.22. The fraction of sp³-hybridized carbons (Fsp3) is 0.810. The van der Waals surface area contributed by atoms with Crippen molar-refractivity contribution >= 4 is 7.05 Å². The monoisotopic (exact) mass is 337 g/mol. The Balaban J connectivity index is 2.90. The molecule has 1 aliphatic heterocycles. The lowest BCUT2D eigenvalue weighted by atomic mass is 9.98. The van der Waals surface area contributed by atoms with E-state index in [1.165, 1.54) is 57.8 Å². The maximum absolute atomic E-state index is 5.39. The minimum atomic E-state index is -1.34. The first-order chi connectivity index (χ1) is 10.7. The molecule has 0 aromatic carbocycles. The number of nitrogens with zero attached hydrogens (tertiary/aromatic N) is 1. The van der Waals surface area contributed by atoms with Crippen molar-refractivity contribution in [1.82, 2.24) is 0 Å². The van der Waals surface area contributed by atoms with Crippen molar-refractivity contribution in [2.24, 2.45) is 4.74 Å². The van der Waals surface area contributed by atoms with Gasteiger partial charge >= 0.3 is 0 Å². The molecule has 0 fully saturated rings. The lowest BCUT2D eigenvalue weighted by Gasteiger charge is -2.36. The highest BCUT2D eigenvalue weighted by molar-refractivity contribution is 7.66. The molecule has 0 N–H and O–H groups in total. The molecule has 0 unspecified atom stereocenters. The van der Waals surface area contributed by atoms with Crippen LogP contribution in [-0.4, -0.2) is 24.0 Å². The van der Waals surface area contributed by atoms with Gasteiger partial charge in [-0.25, -0.2) is 0 Å². The lowest BCUT2D eigenvalue weighted by molar-refractivity contribution is 0.452. The van der Waals surface area contributed by atoms with Crippen molar-refractivity contribution < 1.29 is 0 Å². The summed E-state index contributed by atoms with van der Waals surface area (Å²) in [5.74, 6) is 0. The van der Waals surface area contributed by atoms with Gasteiger partial charge in [0.2, 0.25) is 0 Å². The quantitative estimate of drug-likeness (QED) is 0.318. The molecule has 0 radical (unpaired) electrons. The maximum Gasteiger partial charge on any atom is 0.0537 e. The average molecular weight is 338 g/mol. The third-order valence-corrected chi connectivity index (χ3v) is 9.29. The number of allylic oxidation sites excluding steroid dienone is 4. The van der Waals surface area contributed by atoms with E-state index in [4.69, 9.17) is 4.74 Å². The van der Waals surface area contributed by atoms with Gasteiger partial charge < -0.3 is 0 Å². The summed E-state index contributed by atoms with van der Waals surface area (Å²) in [4.78, 5) is 0. The van der Waals surface area contributed by atoms with E-state index in [0.717, 1.165) is 0 Å². The van der Waals surface area contributed by atoms with Crippen molar-refractivity contribution in [3.63, 3.8) is 0 Å². The van der Waals surface area contributed by atoms with Crippen LogP contribution in [0.3, 0.4) is 0 Å². The van der Waals surface area contributed by atoms with Crippen molar-refractivity contribution in [3.05, 3.63) is 24.3 Å². The first kappa shape index (κ1) is 20.8. The van der Waals surface area contributed by atoms with Crippen LogP contribution in [0.2, 0.25) is 0 Å². The van der Waals surface area contributed by atoms with E-state index in [9.17, 15) is 0 Å². The third kappa shape index (κ3) is 7.88. The summed E-state index contributed by atoms with van der Waals surface area (Å²) in [5, 5.41) is 0.206.